The van der Waals surface area contributed by atoms with E-state index in [0.717, 1.165) is 18.2 Å². The van der Waals surface area contributed by atoms with E-state index in [9.17, 15) is 14.0 Å². The van der Waals surface area contributed by atoms with Crippen molar-refractivity contribution in [3.05, 3.63) is 59.4 Å². The Labute approximate surface area is 168 Å². The summed E-state index contributed by atoms with van der Waals surface area (Å²) >= 11 is 5.73. The number of halogens is 2. The van der Waals surface area contributed by atoms with Crippen molar-refractivity contribution in [1.29, 1.82) is 0 Å². The molecule has 2 aromatic carbocycles. The van der Waals surface area contributed by atoms with Crippen molar-refractivity contribution in [2.45, 2.75) is 19.3 Å². The maximum Gasteiger partial charge on any atom is 0.229 e. The number of amides is 2. The second kappa shape index (κ2) is 9.55. The number of para-hydroxylation sites is 1. The van der Waals surface area contributed by atoms with E-state index in [1.54, 1.807) is 4.90 Å². The van der Waals surface area contributed by atoms with Crippen LogP contribution >= 0.6 is 11.6 Å². The van der Waals surface area contributed by atoms with Crippen molar-refractivity contribution in [3.63, 3.8) is 0 Å². The van der Waals surface area contributed by atoms with Crippen LogP contribution in [0.3, 0.4) is 0 Å². The number of carbonyl (C=O) groups excluding carboxylic acids is 2. The first-order chi connectivity index (χ1) is 13.5. The topological polar surface area (TPSA) is 58.6 Å². The van der Waals surface area contributed by atoms with E-state index < -0.39 is 5.82 Å². The summed E-state index contributed by atoms with van der Waals surface area (Å²) in [5.74, 6) is -0.577. The molecule has 1 aliphatic rings. The van der Waals surface area contributed by atoms with Crippen LogP contribution in [0, 0.1) is 11.7 Å². The van der Waals surface area contributed by atoms with E-state index in [0.29, 0.717) is 19.5 Å². The fourth-order valence-corrected chi connectivity index (χ4v) is 3.33. The molecule has 148 valence electrons. The van der Waals surface area contributed by atoms with Gasteiger partial charge < -0.3 is 15.0 Å². The van der Waals surface area contributed by atoms with Crippen LogP contribution in [-0.4, -0.2) is 36.4 Å². The number of anilines is 1. The zero-order chi connectivity index (χ0) is 19.9. The number of nitrogens with one attached hydrogen (secondary N) is 1. The first kappa shape index (κ1) is 20.1. The van der Waals surface area contributed by atoms with Crippen LogP contribution in [0.4, 0.5) is 10.1 Å². The van der Waals surface area contributed by atoms with Crippen molar-refractivity contribution >= 4 is 29.1 Å². The van der Waals surface area contributed by atoms with Crippen LogP contribution in [0.1, 0.15) is 19.3 Å². The van der Waals surface area contributed by atoms with Gasteiger partial charge in [0.05, 0.1) is 24.6 Å². The number of hydrogen-bond donors (Lipinski definition) is 1. The molecule has 1 saturated heterocycles. The van der Waals surface area contributed by atoms with Crippen molar-refractivity contribution in [1.82, 2.24) is 4.90 Å². The second-order valence-corrected chi connectivity index (χ2v) is 7.14. The first-order valence-electron chi connectivity index (χ1n) is 9.24. The van der Waals surface area contributed by atoms with Crippen molar-refractivity contribution < 1.29 is 18.7 Å². The molecule has 2 amide bonds. The summed E-state index contributed by atoms with van der Waals surface area (Å²) in [6, 6.07) is 13.4. The Morgan fingerprint density at radius 2 is 2.00 bits per heavy atom. The molecule has 3 rings (SSSR count). The van der Waals surface area contributed by atoms with Crippen LogP contribution < -0.4 is 10.1 Å². The molecule has 0 radical (unpaired) electrons. The smallest absolute Gasteiger partial charge is 0.229 e. The normalized spacial score (nSPS) is 16.5. The van der Waals surface area contributed by atoms with Gasteiger partial charge in [-0.05, 0) is 43.2 Å². The van der Waals surface area contributed by atoms with Crippen LogP contribution in [0.25, 0.3) is 0 Å². The zero-order valence-corrected chi connectivity index (χ0v) is 16.1. The van der Waals surface area contributed by atoms with Gasteiger partial charge in [0.15, 0.2) is 0 Å². The number of carbonyl (C=O) groups is 2. The van der Waals surface area contributed by atoms with Gasteiger partial charge in [-0.15, -0.1) is 0 Å². The minimum absolute atomic E-state index is 0.0499. The highest BCUT2D eigenvalue weighted by molar-refractivity contribution is 6.30. The highest BCUT2D eigenvalue weighted by Gasteiger charge is 2.28. The first-order valence-corrected chi connectivity index (χ1v) is 9.62. The lowest BCUT2D eigenvalue weighted by molar-refractivity contribution is -0.135. The Hall–Kier alpha value is -2.60. The molecule has 0 spiro atoms. The third kappa shape index (κ3) is 5.45. The van der Waals surface area contributed by atoms with Gasteiger partial charge >= 0.3 is 0 Å². The monoisotopic (exact) mass is 404 g/mol. The van der Waals surface area contributed by atoms with Crippen LogP contribution in [-0.2, 0) is 9.59 Å². The molecule has 1 aliphatic heterocycles. The molecular formula is C21H22ClFN2O3. The van der Waals surface area contributed by atoms with Gasteiger partial charge in [-0.2, -0.15) is 0 Å². The Bertz CT molecular complexity index is 832. The van der Waals surface area contributed by atoms with E-state index in [4.69, 9.17) is 16.3 Å². The second-order valence-electron chi connectivity index (χ2n) is 6.70. The standard InChI is InChI=1S/C21H22ClFN2O3/c22-16-8-9-19(18(23)13-16)24-21(27)15-5-4-11-25(14-15)20(26)10-12-28-17-6-2-1-3-7-17/h1-3,6-9,13,15H,4-5,10-12,14H2,(H,24,27). The van der Waals surface area contributed by atoms with Gasteiger partial charge in [0.1, 0.15) is 11.6 Å². The Kier molecular flexibility index (Phi) is 6.87. The molecule has 1 N–H and O–H groups in total. The van der Waals surface area contributed by atoms with E-state index in [1.807, 2.05) is 30.3 Å². The molecule has 0 bridgehead atoms. The summed E-state index contributed by atoms with van der Waals surface area (Å²) in [5.41, 5.74) is 0.0918. The molecule has 0 saturated carbocycles. The Morgan fingerprint density at radius 3 is 2.75 bits per heavy atom. The molecule has 1 unspecified atom stereocenters. The van der Waals surface area contributed by atoms with E-state index in [1.165, 1.54) is 12.1 Å². The third-order valence-corrected chi connectivity index (χ3v) is 4.90. The maximum atomic E-state index is 13.9. The van der Waals surface area contributed by atoms with Crippen LogP contribution in [0.15, 0.2) is 48.5 Å². The quantitative estimate of drug-likeness (QED) is 0.787. The summed E-state index contributed by atoms with van der Waals surface area (Å²) in [6.07, 6.45) is 1.63. The number of piperidine rings is 1. The number of hydrogen-bond acceptors (Lipinski definition) is 3. The molecule has 5 nitrogen and oxygen atoms in total. The van der Waals surface area contributed by atoms with Gasteiger partial charge in [0, 0.05) is 18.1 Å². The predicted octanol–water partition coefficient (Wildman–Crippen LogP) is 4.13. The molecule has 7 heteroatoms. The van der Waals surface area contributed by atoms with Gasteiger partial charge in [-0.25, -0.2) is 4.39 Å². The fraction of sp³-hybridized carbons (Fsp3) is 0.333. The average Bonchev–Trinajstić information content (AvgIpc) is 2.71. The predicted molar refractivity (Wildman–Crippen MR) is 106 cm³/mol. The minimum atomic E-state index is -0.581. The molecule has 28 heavy (non-hydrogen) atoms. The molecule has 2 aromatic rings. The largest absolute Gasteiger partial charge is 0.493 e. The van der Waals surface area contributed by atoms with Crippen molar-refractivity contribution in [3.8, 4) is 5.75 Å². The maximum absolute atomic E-state index is 13.9. The van der Waals surface area contributed by atoms with Crippen LogP contribution in [0.5, 0.6) is 5.75 Å². The van der Waals surface area contributed by atoms with Crippen LogP contribution in [0.2, 0.25) is 5.02 Å². The lowest BCUT2D eigenvalue weighted by Gasteiger charge is -2.32. The lowest BCUT2D eigenvalue weighted by Crippen LogP contribution is -2.44. The molecule has 0 aliphatic carbocycles. The number of nitrogens with zero attached hydrogens (tertiary/aromatic N) is 1. The number of rotatable bonds is 6. The molecular weight excluding hydrogens is 383 g/mol. The Morgan fingerprint density at radius 1 is 1.21 bits per heavy atom. The molecule has 0 aromatic heterocycles. The molecule has 1 heterocycles. The van der Waals surface area contributed by atoms with Gasteiger partial charge in [-0.3, -0.25) is 9.59 Å². The summed E-state index contributed by atoms with van der Waals surface area (Å²) < 4.78 is 19.4. The third-order valence-electron chi connectivity index (χ3n) is 4.66. The lowest BCUT2D eigenvalue weighted by atomic mass is 9.96. The minimum Gasteiger partial charge on any atom is -0.493 e. The van der Waals surface area contributed by atoms with Crippen molar-refractivity contribution in [2.75, 3.05) is 25.0 Å². The van der Waals surface area contributed by atoms with E-state index >= 15 is 0 Å². The van der Waals surface area contributed by atoms with Gasteiger partial charge in [0.2, 0.25) is 11.8 Å². The molecule has 1 fully saturated rings. The van der Waals surface area contributed by atoms with Gasteiger partial charge in [-0.1, -0.05) is 29.8 Å². The average molecular weight is 405 g/mol. The SMILES string of the molecule is O=C(Nc1ccc(Cl)cc1F)C1CCCN(C(=O)CCOc2ccccc2)C1. The fourth-order valence-electron chi connectivity index (χ4n) is 3.17. The van der Waals surface area contributed by atoms with E-state index in [-0.39, 0.29) is 41.5 Å². The van der Waals surface area contributed by atoms with E-state index in [2.05, 4.69) is 5.32 Å². The zero-order valence-electron chi connectivity index (χ0n) is 15.4. The summed E-state index contributed by atoms with van der Waals surface area (Å²) in [6.45, 7) is 1.22. The number of benzene rings is 2. The van der Waals surface area contributed by atoms with Gasteiger partial charge in [0.25, 0.3) is 0 Å². The number of likely N-dealkylation sites (tertiary alicyclic amines) is 1. The summed E-state index contributed by atoms with van der Waals surface area (Å²) in [7, 11) is 0. The Balaban J connectivity index is 1.49. The highest BCUT2D eigenvalue weighted by Crippen LogP contribution is 2.23. The van der Waals surface area contributed by atoms with Crippen molar-refractivity contribution in [2.24, 2.45) is 5.92 Å². The highest BCUT2D eigenvalue weighted by atomic mass is 35.5. The summed E-state index contributed by atoms with van der Waals surface area (Å²) in [4.78, 5) is 26.6. The number of ether oxygens (including phenoxy) is 1. The summed E-state index contributed by atoms with van der Waals surface area (Å²) in [5, 5.41) is 2.86. The molecule has 1 atom stereocenters.